The van der Waals surface area contributed by atoms with E-state index in [1.807, 2.05) is 13.8 Å². The van der Waals surface area contributed by atoms with Gasteiger partial charge in [0.05, 0.1) is 14.2 Å². The lowest BCUT2D eigenvalue weighted by atomic mass is 9.87. The summed E-state index contributed by atoms with van der Waals surface area (Å²) < 4.78 is 23.6. The van der Waals surface area contributed by atoms with Crippen LogP contribution in [0.15, 0.2) is 18.2 Å². The molecule has 1 fully saturated rings. The van der Waals surface area contributed by atoms with E-state index in [9.17, 15) is 9.18 Å². The number of esters is 1. The number of carbonyl (C=O) groups excluding carboxylic acids is 1. The minimum Gasteiger partial charge on any atom is -0.496 e. The minimum atomic E-state index is -0.796. The summed E-state index contributed by atoms with van der Waals surface area (Å²) in [5, 5.41) is 0. The average Bonchev–Trinajstić information content (AvgIpc) is 2.92. The van der Waals surface area contributed by atoms with Crippen LogP contribution >= 0.6 is 0 Å². The van der Waals surface area contributed by atoms with Crippen LogP contribution in [0, 0.1) is 11.2 Å². The van der Waals surface area contributed by atoms with E-state index < -0.39 is 5.41 Å². The summed E-state index contributed by atoms with van der Waals surface area (Å²) in [5.41, 5.74) is -0.474. The molecule has 1 unspecified atom stereocenters. The first kappa shape index (κ1) is 12.9. The van der Waals surface area contributed by atoms with E-state index in [1.54, 1.807) is 6.07 Å². The number of halogens is 1. The highest BCUT2D eigenvalue weighted by Gasteiger charge is 2.69. The molecule has 0 spiro atoms. The molecule has 1 aromatic carbocycles. The second kappa shape index (κ2) is 3.97. The van der Waals surface area contributed by atoms with Gasteiger partial charge >= 0.3 is 5.97 Å². The zero-order chi connectivity index (χ0) is 13.6. The van der Waals surface area contributed by atoms with Gasteiger partial charge in [0.1, 0.15) is 17.0 Å². The fourth-order valence-electron chi connectivity index (χ4n) is 2.72. The van der Waals surface area contributed by atoms with Gasteiger partial charge in [-0.1, -0.05) is 13.8 Å². The Morgan fingerprint density at radius 3 is 2.39 bits per heavy atom. The molecular weight excluding hydrogens is 235 g/mol. The molecule has 3 nitrogen and oxygen atoms in total. The van der Waals surface area contributed by atoms with E-state index in [0.29, 0.717) is 17.7 Å². The summed E-state index contributed by atoms with van der Waals surface area (Å²) in [6, 6.07) is 4.23. The van der Waals surface area contributed by atoms with Gasteiger partial charge in [-0.3, -0.25) is 4.79 Å². The SMILES string of the molecule is COC(=O)C1(c2cc(F)ccc2OC)CC1(C)C. The molecule has 4 heteroatoms. The van der Waals surface area contributed by atoms with Crippen molar-refractivity contribution in [2.24, 2.45) is 5.41 Å². The van der Waals surface area contributed by atoms with Gasteiger partial charge in [-0.25, -0.2) is 4.39 Å². The van der Waals surface area contributed by atoms with Gasteiger partial charge in [0, 0.05) is 5.56 Å². The highest BCUT2D eigenvalue weighted by Crippen LogP contribution is 2.66. The van der Waals surface area contributed by atoms with E-state index in [4.69, 9.17) is 9.47 Å². The van der Waals surface area contributed by atoms with Crippen molar-refractivity contribution in [1.29, 1.82) is 0 Å². The van der Waals surface area contributed by atoms with E-state index >= 15 is 0 Å². The Morgan fingerprint density at radius 2 is 1.94 bits per heavy atom. The predicted octanol–water partition coefficient (Wildman–Crippen LogP) is 2.68. The zero-order valence-corrected chi connectivity index (χ0v) is 11.0. The Morgan fingerprint density at radius 1 is 1.33 bits per heavy atom. The lowest BCUT2D eigenvalue weighted by Gasteiger charge is -2.21. The van der Waals surface area contributed by atoms with Gasteiger partial charge in [0.15, 0.2) is 0 Å². The third-order valence-corrected chi connectivity index (χ3v) is 3.89. The van der Waals surface area contributed by atoms with Crippen LogP contribution in [0.2, 0.25) is 0 Å². The summed E-state index contributed by atoms with van der Waals surface area (Å²) in [7, 11) is 2.86. The number of rotatable bonds is 3. The summed E-state index contributed by atoms with van der Waals surface area (Å²) in [4.78, 5) is 12.1. The monoisotopic (exact) mass is 252 g/mol. The highest BCUT2D eigenvalue weighted by atomic mass is 19.1. The summed E-state index contributed by atoms with van der Waals surface area (Å²) in [6.07, 6.45) is 0.631. The first-order chi connectivity index (χ1) is 8.39. The molecule has 0 saturated heterocycles. The zero-order valence-electron chi connectivity index (χ0n) is 11.0. The highest BCUT2D eigenvalue weighted by molar-refractivity contribution is 5.89. The average molecular weight is 252 g/mol. The van der Waals surface area contributed by atoms with E-state index in [1.165, 1.54) is 26.4 Å². The van der Waals surface area contributed by atoms with Gasteiger partial charge in [-0.15, -0.1) is 0 Å². The van der Waals surface area contributed by atoms with E-state index in [-0.39, 0.29) is 17.2 Å². The van der Waals surface area contributed by atoms with Crippen molar-refractivity contribution < 1.29 is 18.7 Å². The maximum Gasteiger partial charge on any atom is 0.316 e. The Kier molecular flexibility index (Phi) is 2.84. The van der Waals surface area contributed by atoms with Gasteiger partial charge in [0.25, 0.3) is 0 Å². The molecule has 18 heavy (non-hydrogen) atoms. The van der Waals surface area contributed by atoms with Gasteiger partial charge in [-0.05, 0) is 30.0 Å². The van der Waals surface area contributed by atoms with Crippen molar-refractivity contribution in [2.75, 3.05) is 14.2 Å². The fourth-order valence-corrected chi connectivity index (χ4v) is 2.72. The van der Waals surface area contributed by atoms with Crippen molar-refractivity contribution in [3.05, 3.63) is 29.6 Å². The van der Waals surface area contributed by atoms with Crippen molar-refractivity contribution in [1.82, 2.24) is 0 Å². The molecule has 0 aliphatic heterocycles. The van der Waals surface area contributed by atoms with Crippen molar-refractivity contribution in [3.63, 3.8) is 0 Å². The molecule has 98 valence electrons. The quantitative estimate of drug-likeness (QED) is 0.776. The number of hydrogen-bond donors (Lipinski definition) is 0. The molecule has 0 amide bonds. The lowest BCUT2D eigenvalue weighted by molar-refractivity contribution is -0.144. The van der Waals surface area contributed by atoms with Crippen LogP contribution in [0.1, 0.15) is 25.8 Å². The second-order valence-electron chi connectivity index (χ2n) is 5.30. The molecule has 0 N–H and O–H groups in total. The van der Waals surface area contributed by atoms with Gasteiger partial charge < -0.3 is 9.47 Å². The Bertz CT molecular complexity index is 496. The molecule has 0 heterocycles. The number of carbonyl (C=O) groups is 1. The smallest absolute Gasteiger partial charge is 0.316 e. The van der Waals surface area contributed by atoms with Crippen LogP contribution < -0.4 is 4.74 Å². The summed E-state index contributed by atoms with van der Waals surface area (Å²) >= 11 is 0. The molecule has 1 aliphatic rings. The maximum atomic E-state index is 13.5. The molecule has 2 rings (SSSR count). The third-order valence-electron chi connectivity index (χ3n) is 3.89. The minimum absolute atomic E-state index is 0.249. The van der Waals surface area contributed by atoms with Crippen LogP contribution in [0.5, 0.6) is 5.75 Å². The first-order valence-corrected chi connectivity index (χ1v) is 5.81. The Balaban J connectivity index is 2.59. The van der Waals surface area contributed by atoms with Crippen LogP contribution in [0.25, 0.3) is 0 Å². The molecule has 0 bridgehead atoms. The molecule has 1 aromatic rings. The summed E-state index contributed by atoms with van der Waals surface area (Å²) in [5.74, 6) is -0.194. The Hall–Kier alpha value is -1.58. The van der Waals surface area contributed by atoms with Crippen molar-refractivity contribution >= 4 is 5.97 Å². The number of methoxy groups -OCH3 is 2. The number of ether oxygens (including phenoxy) is 2. The van der Waals surface area contributed by atoms with Crippen LogP contribution in [0.3, 0.4) is 0 Å². The second-order valence-corrected chi connectivity index (χ2v) is 5.30. The fraction of sp³-hybridized carbons (Fsp3) is 0.500. The lowest BCUT2D eigenvalue weighted by Crippen LogP contribution is -2.28. The first-order valence-electron chi connectivity index (χ1n) is 5.81. The van der Waals surface area contributed by atoms with E-state index in [2.05, 4.69) is 0 Å². The van der Waals surface area contributed by atoms with Crippen LogP contribution in [0.4, 0.5) is 4.39 Å². The molecular formula is C14H17FO3. The standard InChI is InChI=1S/C14H17FO3/c1-13(2)8-14(13,12(16)18-4)10-7-9(15)5-6-11(10)17-3/h5-7H,8H2,1-4H3. The molecule has 1 aliphatic carbocycles. The van der Waals surface area contributed by atoms with Crippen molar-refractivity contribution in [2.45, 2.75) is 25.7 Å². The summed E-state index contributed by atoms with van der Waals surface area (Å²) in [6.45, 7) is 3.93. The van der Waals surface area contributed by atoms with Crippen molar-refractivity contribution in [3.8, 4) is 5.75 Å². The van der Waals surface area contributed by atoms with Gasteiger partial charge in [0.2, 0.25) is 0 Å². The predicted molar refractivity (Wildman–Crippen MR) is 65.0 cm³/mol. The van der Waals surface area contributed by atoms with Gasteiger partial charge in [-0.2, -0.15) is 0 Å². The molecule has 1 saturated carbocycles. The molecule has 1 atom stereocenters. The normalized spacial score (nSPS) is 24.5. The molecule has 0 radical (unpaired) electrons. The number of hydrogen-bond acceptors (Lipinski definition) is 3. The maximum absolute atomic E-state index is 13.5. The largest absolute Gasteiger partial charge is 0.496 e. The van der Waals surface area contributed by atoms with Crippen LogP contribution in [-0.2, 0) is 14.9 Å². The number of benzene rings is 1. The van der Waals surface area contributed by atoms with E-state index in [0.717, 1.165) is 0 Å². The topological polar surface area (TPSA) is 35.5 Å². The van der Waals surface area contributed by atoms with Crippen LogP contribution in [-0.4, -0.2) is 20.2 Å². The third kappa shape index (κ3) is 1.59. The molecule has 0 aromatic heterocycles. The Labute approximate surface area is 106 Å².